The predicted octanol–water partition coefficient (Wildman–Crippen LogP) is 3.03. The summed E-state index contributed by atoms with van der Waals surface area (Å²) in [4.78, 5) is 0. The van der Waals surface area contributed by atoms with Crippen molar-refractivity contribution >= 4 is 0 Å². The molecule has 0 aromatic carbocycles. The van der Waals surface area contributed by atoms with Crippen LogP contribution in [0.1, 0.15) is 45.4 Å². The number of rotatable bonds is 3. The van der Waals surface area contributed by atoms with Crippen molar-refractivity contribution < 1.29 is 9.47 Å². The van der Waals surface area contributed by atoms with Crippen LogP contribution >= 0.6 is 0 Å². The van der Waals surface area contributed by atoms with Crippen LogP contribution in [0.3, 0.4) is 0 Å². The van der Waals surface area contributed by atoms with Crippen molar-refractivity contribution in [3.63, 3.8) is 0 Å². The van der Waals surface area contributed by atoms with Crippen molar-refractivity contribution in [2.24, 2.45) is 0 Å². The zero-order chi connectivity index (χ0) is 9.86. The number of unbranched alkanes of at least 4 members (excludes halogenated alkanes) is 1. The fourth-order valence-electron chi connectivity index (χ4n) is 2.26. The highest BCUT2D eigenvalue weighted by Gasteiger charge is 2.42. The summed E-state index contributed by atoms with van der Waals surface area (Å²) in [7, 11) is 0. The second kappa shape index (κ2) is 4.45. The van der Waals surface area contributed by atoms with E-state index in [9.17, 15) is 0 Å². The molecule has 1 heterocycles. The summed E-state index contributed by atoms with van der Waals surface area (Å²) in [6, 6.07) is 0. The molecule has 2 aliphatic rings. The van der Waals surface area contributed by atoms with Crippen LogP contribution in [-0.4, -0.2) is 18.5 Å². The molecule has 2 fully saturated rings. The van der Waals surface area contributed by atoms with E-state index < -0.39 is 0 Å². The van der Waals surface area contributed by atoms with Gasteiger partial charge in [0, 0.05) is 12.8 Å². The Morgan fingerprint density at radius 3 is 2.86 bits per heavy atom. The van der Waals surface area contributed by atoms with Gasteiger partial charge in [0.25, 0.3) is 0 Å². The Labute approximate surface area is 86.3 Å². The lowest BCUT2D eigenvalue weighted by Gasteiger charge is -2.21. The first-order valence-electron chi connectivity index (χ1n) is 5.83. The normalized spacial score (nSPS) is 30.8. The van der Waals surface area contributed by atoms with Crippen LogP contribution in [-0.2, 0) is 9.47 Å². The number of hydrogen-bond donors (Lipinski definition) is 0. The van der Waals surface area contributed by atoms with E-state index in [1.54, 1.807) is 0 Å². The smallest absolute Gasteiger partial charge is 0.169 e. The largest absolute Gasteiger partial charge is 0.347 e. The minimum Gasteiger partial charge on any atom is -0.347 e. The molecule has 0 radical (unpaired) electrons. The van der Waals surface area contributed by atoms with Gasteiger partial charge < -0.3 is 9.47 Å². The summed E-state index contributed by atoms with van der Waals surface area (Å²) >= 11 is 0. The van der Waals surface area contributed by atoms with Gasteiger partial charge in [-0.25, -0.2) is 0 Å². The molecule has 1 aliphatic heterocycles. The van der Waals surface area contributed by atoms with Crippen molar-refractivity contribution in [2.45, 2.75) is 57.3 Å². The van der Waals surface area contributed by atoms with Gasteiger partial charge in [0.15, 0.2) is 5.79 Å². The Bertz CT molecular complexity index is 204. The Balaban J connectivity index is 1.82. The second-order valence-electron chi connectivity index (χ2n) is 4.30. The van der Waals surface area contributed by atoms with Gasteiger partial charge in [-0.05, 0) is 19.3 Å². The summed E-state index contributed by atoms with van der Waals surface area (Å²) in [6.07, 6.45) is 11.6. The molecule has 1 atom stereocenters. The van der Waals surface area contributed by atoms with Crippen LogP contribution in [0.2, 0.25) is 0 Å². The minimum absolute atomic E-state index is 0.193. The molecular weight excluding hydrogens is 176 g/mol. The lowest BCUT2D eigenvalue weighted by molar-refractivity contribution is -0.157. The average molecular weight is 196 g/mol. The predicted molar refractivity (Wildman–Crippen MR) is 56.1 cm³/mol. The minimum atomic E-state index is -0.193. The quantitative estimate of drug-likeness (QED) is 0.646. The summed E-state index contributed by atoms with van der Waals surface area (Å²) in [5.41, 5.74) is 0. The molecule has 2 rings (SSSR count). The standard InChI is InChI=1S/C12H20O2/c1-2-3-4-7-11-10-13-12(14-11)8-5-6-9-12/h4,7,11H,2-3,5-6,8-10H2,1H3/b7-4-/t11-/m0/s1. The molecule has 14 heavy (non-hydrogen) atoms. The third-order valence-corrected chi connectivity index (χ3v) is 3.05. The molecule has 1 saturated heterocycles. The topological polar surface area (TPSA) is 18.5 Å². The third-order valence-electron chi connectivity index (χ3n) is 3.05. The molecule has 1 aliphatic carbocycles. The molecule has 0 bridgehead atoms. The fraction of sp³-hybridized carbons (Fsp3) is 0.833. The van der Waals surface area contributed by atoms with Gasteiger partial charge in [0.05, 0.1) is 6.61 Å². The van der Waals surface area contributed by atoms with E-state index in [0.717, 1.165) is 25.9 Å². The molecule has 0 unspecified atom stereocenters. The van der Waals surface area contributed by atoms with Gasteiger partial charge in [-0.15, -0.1) is 0 Å². The van der Waals surface area contributed by atoms with Crippen LogP contribution in [0.15, 0.2) is 12.2 Å². The maximum atomic E-state index is 5.95. The van der Waals surface area contributed by atoms with Gasteiger partial charge in [-0.2, -0.15) is 0 Å². The highest BCUT2D eigenvalue weighted by Crippen LogP contribution is 2.39. The van der Waals surface area contributed by atoms with Crippen molar-refractivity contribution in [3.05, 3.63) is 12.2 Å². The Morgan fingerprint density at radius 1 is 1.36 bits per heavy atom. The van der Waals surface area contributed by atoms with Crippen LogP contribution in [0.5, 0.6) is 0 Å². The van der Waals surface area contributed by atoms with Crippen molar-refractivity contribution in [3.8, 4) is 0 Å². The number of ether oxygens (including phenoxy) is 2. The first kappa shape index (κ1) is 10.2. The van der Waals surface area contributed by atoms with E-state index in [1.807, 2.05) is 0 Å². The van der Waals surface area contributed by atoms with Crippen LogP contribution in [0.25, 0.3) is 0 Å². The van der Waals surface area contributed by atoms with Crippen LogP contribution < -0.4 is 0 Å². The Kier molecular flexibility index (Phi) is 3.24. The van der Waals surface area contributed by atoms with E-state index in [4.69, 9.17) is 9.47 Å². The van der Waals surface area contributed by atoms with Crippen molar-refractivity contribution in [1.29, 1.82) is 0 Å². The molecule has 80 valence electrons. The van der Waals surface area contributed by atoms with Crippen LogP contribution in [0.4, 0.5) is 0 Å². The SMILES string of the molecule is CCC/C=C\[C@H]1COC2(CCCC2)O1. The molecular formula is C12H20O2. The van der Waals surface area contributed by atoms with Gasteiger partial charge in [-0.1, -0.05) is 25.5 Å². The number of hydrogen-bond acceptors (Lipinski definition) is 2. The Hall–Kier alpha value is -0.340. The average Bonchev–Trinajstić information content (AvgIpc) is 2.79. The summed E-state index contributed by atoms with van der Waals surface area (Å²) in [5, 5.41) is 0. The van der Waals surface area contributed by atoms with Gasteiger partial charge in [0.2, 0.25) is 0 Å². The van der Waals surface area contributed by atoms with E-state index in [-0.39, 0.29) is 11.9 Å². The first-order valence-corrected chi connectivity index (χ1v) is 5.83. The highest BCUT2D eigenvalue weighted by atomic mass is 16.7. The molecule has 0 N–H and O–H groups in total. The van der Waals surface area contributed by atoms with E-state index in [0.29, 0.717) is 0 Å². The molecule has 1 spiro atoms. The second-order valence-corrected chi connectivity index (χ2v) is 4.30. The summed E-state index contributed by atoms with van der Waals surface area (Å²) in [6.45, 7) is 2.94. The monoisotopic (exact) mass is 196 g/mol. The van der Waals surface area contributed by atoms with Crippen LogP contribution in [0, 0.1) is 0 Å². The molecule has 0 amide bonds. The summed E-state index contributed by atoms with van der Waals surface area (Å²) in [5.74, 6) is -0.193. The molecule has 2 heteroatoms. The van der Waals surface area contributed by atoms with Gasteiger partial charge in [0.1, 0.15) is 6.10 Å². The lowest BCUT2D eigenvalue weighted by Crippen LogP contribution is -2.26. The molecule has 0 aromatic rings. The zero-order valence-electron chi connectivity index (χ0n) is 9.00. The maximum Gasteiger partial charge on any atom is 0.169 e. The summed E-state index contributed by atoms with van der Waals surface area (Å²) < 4.78 is 11.7. The zero-order valence-corrected chi connectivity index (χ0v) is 9.00. The Morgan fingerprint density at radius 2 is 2.14 bits per heavy atom. The maximum absolute atomic E-state index is 5.95. The molecule has 2 nitrogen and oxygen atoms in total. The van der Waals surface area contributed by atoms with E-state index in [2.05, 4.69) is 19.1 Å². The van der Waals surface area contributed by atoms with Gasteiger partial charge >= 0.3 is 0 Å². The number of allylic oxidation sites excluding steroid dienone is 1. The van der Waals surface area contributed by atoms with Crippen molar-refractivity contribution in [1.82, 2.24) is 0 Å². The first-order chi connectivity index (χ1) is 6.85. The molecule has 0 aromatic heterocycles. The van der Waals surface area contributed by atoms with Crippen molar-refractivity contribution in [2.75, 3.05) is 6.61 Å². The molecule has 1 saturated carbocycles. The van der Waals surface area contributed by atoms with Gasteiger partial charge in [-0.3, -0.25) is 0 Å². The van der Waals surface area contributed by atoms with E-state index in [1.165, 1.54) is 19.3 Å². The lowest BCUT2D eigenvalue weighted by atomic mass is 10.2. The van der Waals surface area contributed by atoms with E-state index >= 15 is 0 Å². The third kappa shape index (κ3) is 2.18. The fourth-order valence-corrected chi connectivity index (χ4v) is 2.26. The highest BCUT2D eigenvalue weighted by molar-refractivity contribution is 4.95.